The van der Waals surface area contributed by atoms with E-state index in [1.165, 1.54) is 6.42 Å². The van der Waals surface area contributed by atoms with Crippen molar-refractivity contribution in [1.29, 1.82) is 0 Å². The van der Waals surface area contributed by atoms with E-state index in [1.54, 1.807) is 7.11 Å². The highest BCUT2D eigenvalue weighted by molar-refractivity contribution is 4.61. The molecule has 0 radical (unpaired) electrons. The maximum Gasteiger partial charge on any atom is 0.0897 e. The van der Waals surface area contributed by atoms with Crippen molar-refractivity contribution in [1.82, 2.24) is 5.32 Å². The quantitative estimate of drug-likeness (QED) is 0.542. The van der Waals surface area contributed by atoms with Crippen LogP contribution in [0, 0.1) is 5.92 Å². The van der Waals surface area contributed by atoms with E-state index in [0.29, 0.717) is 13.2 Å². The first kappa shape index (κ1) is 16.8. The average Bonchev–Trinajstić information content (AvgIpc) is 2.27. The Labute approximate surface area is 106 Å². The highest BCUT2D eigenvalue weighted by atomic mass is 16.5. The van der Waals surface area contributed by atoms with E-state index in [4.69, 9.17) is 9.47 Å². The molecule has 0 heterocycles. The fourth-order valence-electron chi connectivity index (χ4n) is 1.41. The molecule has 0 aromatic rings. The van der Waals surface area contributed by atoms with E-state index < -0.39 is 6.10 Å². The molecule has 0 saturated carbocycles. The van der Waals surface area contributed by atoms with Crippen LogP contribution < -0.4 is 5.32 Å². The summed E-state index contributed by atoms with van der Waals surface area (Å²) in [6, 6.07) is 0. The summed E-state index contributed by atoms with van der Waals surface area (Å²) in [5, 5.41) is 12.8. The van der Waals surface area contributed by atoms with Gasteiger partial charge in [0.2, 0.25) is 0 Å². The number of rotatable bonds is 11. The van der Waals surface area contributed by atoms with Crippen molar-refractivity contribution in [3.8, 4) is 0 Å². The second-order valence-corrected chi connectivity index (χ2v) is 4.97. The molecular formula is C13H29NO3. The first-order valence-corrected chi connectivity index (χ1v) is 6.55. The molecule has 0 aromatic carbocycles. The molecule has 104 valence electrons. The van der Waals surface area contributed by atoms with E-state index in [9.17, 15) is 5.11 Å². The number of hydrogen-bond donors (Lipinski definition) is 2. The van der Waals surface area contributed by atoms with Gasteiger partial charge in [-0.3, -0.25) is 0 Å². The van der Waals surface area contributed by atoms with Crippen LogP contribution in [0.4, 0.5) is 0 Å². The van der Waals surface area contributed by atoms with Crippen LogP contribution in [-0.2, 0) is 9.47 Å². The van der Waals surface area contributed by atoms with Gasteiger partial charge in [-0.25, -0.2) is 0 Å². The lowest BCUT2D eigenvalue weighted by atomic mass is 10.1. The summed E-state index contributed by atoms with van der Waals surface area (Å²) in [5.74, 6) is 0.723. The van der Waals surface area contributed by atoms with Gasteiger partial charge in [0.25, 0.3) is 0 Å². The first-order chi connectivity index (χ1) is 8.06. The molecule has 0 aliphatic carbocycles. The highest BCUT2D eigenvalue weighted by Gasteiger charge is 2.05. The van der Waals surface area contributed by atoms with Crippen LogP contribution in [0.1, 0.15) is 33.6 Å². The lowest BCUT2D eigenvalue weighted by Gasteiger charge is -2.15. The smallest absolute Gasteiger partial charge is 0.0897 e. The molecule has 0 bridgehead atoms. The average molecular weight is 247 g/mol. The normalized spacial score (nSPS) is 15.2. The summed E-state index contributed by atoms with van der Waals surface area (Å²) in [5.41, 5.74) is 0. The van der Waals surface area contributed by atoms with Crippen molar-refractivity contribution in [2.75, 3.05) is 33.4 Å². The van der Waals surface area contributed by atoms with Gasteiger partial charge in [0.15, 0.2) is 0 Å². The van der Waals surface area contributed by atoms with Crippen LogP contribution in [0.25, 0.3) is 0 Å². The third kappa shape index (κ3) is 12.1. The van der Waals surface area contributed by atoms with Gasteiger partial charge >= 0.3 is 0 Å². The zero-order chi connectivity index (χ0) is 13.1. The van der Waals surface area contributed by atoms with Crippen molar-refractivity contribution < 1.29 is 14.6 Å². The molecule has 0 fully saturated rings. The Hall–Kier alpha value is -0.160. The van der Waals surface area contributed by atoms with E-state index in [2.05, 4.69) is 19.2 Å². The zero-order valence-corrected chi connectivity index (χ0v) is 11.7. The molecule has 17 heavy (non-hydrogen) atoms. The third-order valence-electron chi connectivity index (χ3n) is 2.59. The van der Waals surface area contributed by atoms with Crippen LogP contribution in [0.5, 0.6) is 0 Å². The number of aliphatic hydroxyl groups is 1. The van der Waals surface area contributed by atoms with E-state index in [1.807, 2.05) is 6.92 Å². The van der Waals surface area contributed by atoms with Crippen molar-refractivity contribution >= 4 is 0 Å². The Bertz CT molecular complexity index is 165. The van der Waals surface area contributed by atoms with Gasteiger partial charge < -0.3 is 19.9 Å². The predicted molar refractivity (Wildman–Crippen MR) is 70.2 cm³/mol. The summed E-state index contributed by atoms with van der Waals surface area (Å²) in [6.45, 7) is 8.85. The minimum Gasteiger partial charge on any atom is -0.389 e. The van der Waals surface area contributed by atoms with Crippen molar-refractivity contribution in [2.24, 2.45) is 5.92 Å². The fraction of sp³-hybridized carbons (Fsp3) is 1.00. The van der Waals surface area contributed by atoms with Gasteiger partial charge in [0.05, 0.1) is 18.8 Å². The molecule has 2 atom stereocenters. The summed E-state index contributed by atoms with van der Waals surface area (Å²) < 4.78 is 10.5. The van der Waals surface area contributed by atoms with Crippen molar-refractivity contribution in [2.45, 2.75) is 45.8 Å². The molecule has 2 unspecified atom stereocenters. The molecule has 0 rings (SSSR count). The molecule has 0 aliphatic rings. The standard InChI is InChI=1S/C13H29NO3/c1-11(2)6-5-7-17-10-13(15)9-14-8-12(3)16-4/h11-15H,5-10H2,1-4H3. The molecule has 2 N–H and O–H groups in total. The summed E-state index contributed by atoms with van der Waals surface area (Å²) >= 11 is 0. The lowest BCUT2D eigenvalue weighted by Crippen LogP contribution is -2.35. The van der Waals surface area contributed by atoms with E-state index >= 15 is 0 Å². The monoisotopic (exact) mass is 247 g/mol. The number of nitrogens with one attached hydrogen (secondary N) is 1. The number of hydrogen-bond acceptors (Lipinski definition) is 4. The molecular weight excluding hydrogens is 218 g/mol. The van der Waals surface area contributed by atoms with Gasteiger partial charge in [-0.1, -0.05) is 13.8 Å². The highest BCUT2D eigenvalue weighted by Crippen LogP contribution is 2.03. The van der Waals surface area contributed by atoms with Crippen LogP contribution in [0.15, 0.2) is 0 Å². The third-order valence-corrected chi connectivity index (χ3v) is 2.59. The van der Waals surface area contributed by atoms with E-state index in [0.717, 1.165) is 25.5 Å². The van der Waals surface area contributed by atoms with Crippen LogP contribution in [-0.4, -0.2) is 50.7 Å². The second-order valence-electron chi connectivity index (χ2n) is 4.97. The maximum absolute atomic E-state index is 9.61. The number of methoxy groups -OCH3 is 1. The van der Waals surface area contributed by atoms with Crippen LogP contribution in [0.2, 0.25) is 0 Å². The molecule has 0 spiro atoms. The zero-order valence-electron chi connectivity index (χ0n) is 11.7. The first-order valence-electron chi connectivity index (χ1n) is 6.55. The Balaban J connectivity index is 3.26. The van der Waals surface area contributed by atoms with Gasteiger partial charge in [-0.05, 0) is 25.7 Å². The van der Waals surface area contributed by atoms with Crippen molar-refractivity contribution in [3.05, 3.63) is 0 Å². The Morgan fingerprint density at radius 2 is 1.88 bits per heavy atom. The molecule has 0 amide bonds. The molecule has 0 aromatic heterocycles. The topological polar surface area (TPSA) is 50.7 Å². The second kappa shape index (κ2) is 11.0. The molecule has 4 heteroatoms. The molecule has 4 nitrogen and oxygen atoms in total. The fourth-order valence-corrected chi connectivity index (χ4v) is 1.41. The Morgan fingerprint density at radius 3 is 2.47 bits per heavy atom. The SMILES string of the molecule is COC(C)CNCC(O)COCCCC(C)C. The molecule has 0 aliphatic heterocycles. The van der Waals surface area contributed by atoms with Crippen LogP contribution in [0.3, 0.4) is 0 Å². The number of ether oxygens (including phenoxy) is 2. The van der Waals surface area contributed by atoms with E-state index in [-0.39, 0.29) is 6.10 Å². The predicted octanol–water partition coefficient (Wildman–Crippen LogP) is 1.42. The summed E-state index contributed by atoms with van der Waals surface area (Å²) in [6.07, 6.45) is 1.99. The van der Waals surface area contributed by atoms with Crippen LogP contribution >= 0.6 is 0 Å². The van der Waals surface area contributed by atoms with Gasteiger partial charge in [0, 0.05) is 26.8 Å². The largest absolute Gasteiger partial charge is 0.389 e. The minimum atomic E-state index is -0.432. The Morgan fingerprint density at radius 1 is 1.18 bits per heavy atom. The van der Waals surface area contributed by atoms with Gasteiger partial charge in [0.1, 0.15) is 0 Å². The van der Waals surface area contributed by atoms with Gasteiger partial charge in [-0.15, -0.1) is 0 Å². The molecule has 0 saturated heterocycles. The Kier molecular flexibility index (Phi) is 10.9. The number of aliphatic hydroxyl groups excluding tert-OH is 1. The summed E-state index contributed by atoms with van der Waals surface area (Å²) in [4.78, 5) is 0. The van der Waals surface area contributed by atoms with Crippen molar-refractivity contribution in [3.63, 3.8) is 0 Å². The minimum absolute atomic E-state index is 0.175. The summed E-state index contributed by atoms with van der Waals surface area (Å²) in [7, 11) is 1.68. The van der Waals surface area contributed by atoms with Gasteiger partial charge in [-0.2, -0.15) is 0 Å². The lowest BCUT2D eigenvalue weighted by molar-refractivity contribution is 0.0323. The maximum atomic E-state index is 9.61.